The minimum atomic E-state index is -0.432. The number of nitrogens with one attached hydrogen (secondary N) is 1. The third-order valence-corrected chi connectivity index (χ3v) is 9.60. The Labute approximate surface area is 286 Å². The van der Waals surface area contributed by atoms with Crippen LogP contribution >= 0.6 is 23.1 Å². The first kappa shape index (κ1) is 32.8. The van der Waals surface area contributed by atoms with Crippen LogP contribution < -0.4 is 19.5 Å². The number of nitrogens with zero attached hydrogens (tertiary/aromatic N) is 5. The molecule has 13 heteroatoms. The Hall–Kier alpha value is -5.14. The molecule has 0 unspecified atom stereocenters. The topological polar surface area (TPSA) is 120 Å². The number of methoxy groups -OCH3 is 3. The van der Waals surface area contributed by atoms with E-state index >= 15 is 0 Å². The van der Waals surface area contributed by atoms with Crippen molar-refractivity contribution in [3.8, 4) is 22.9 Å². The van der Waals surface area contributed by atoms with Crippen molar-refractivity contribution in [2.75, 3.05) is 27.1 Å². The molecule has 1 atom stereocenters. The highest BCUT2D eigenvalue weighted by Crippen LogP contribution is 2.42. The zero-order valence-electron chi connectivity index (χ0n) is 26.9. The molecule has 2 aromatic heterocycles. The molecule has 0 radical (unpaired) electrons. The number of hydrogen-bond acceptors (Lipinski definition) is 10. The molecule has 1 N–H and O–H groups in total. The molecule has 1 aliphatic heterocycles. The molecule has 0 spiro atoms. The van der Waals surface area contributed by atoms with Crippen LogP contribution in [0.15, 0.2) is 94.5 Å². The molecule has 0 saturated carbocycles. The summed E-state index contributed by atoms with van der Waals surface area (Å²) in [6.45, 7) is 2.16. The number of carbonyl (C=O) groups excluding carboxylic acids is 2. The number of thiophene rings is 1. The molecule has 0 fully saturated rings. The van der Waals surface area contributed by atoms with Gasteiger partial charge in [0.2, 0.25) is 0 Å². The molecular formula is C35H34N6O5S2. The number of ether oxygens (including phenoxy) is 3. The number of rotatable bonds is 12. The first-order valence-electron chi connectivity index (χ1n) is 15.1. The lowest BCUT2D eigenvalue weighted by molar-refractivity contribution is -0.130. The van der Waals surface area contributed by atoms with E-state index in [0.717, 1.165) is 33.8 Å². The maximum Gasteiger partial charge on any atom is 0.261 e. The highest BCUT2D eigenvalue weighted by molar-refractivity contribution is 7.99. The predicted molar refractivity (Wildman–Crippen MR) is 186 cm³/mol. The smallest absolute Gasteiger partial charge is 0.261 e. The maximum absolute atomic E-state index is 14.1. The van der Waals surface area contributed by atoms with Gasteiger partial charge in [0.1, 0.15) is 5.75 Å². The van der Waals surface area contributed by atoms with Crippen molar-refractivity contribution in [2.24, 2.45) is 5.10 Å². The normalized spacial score (nSPS) is 14.0. The molecule has 1 aliphatic rings. The second-order valence-corrected chi connectivity index (χ2v) is 12.7. The average molecular weight is 683 g/mol. The van der Waals surface area contributed by atoms with Gasteiger partial charge < -0.3 is 19.5 Å². The monoisotopic (exact) mass is 682 g/mol. The lowest BCUT2D eigenvalue weighted by atomic mass is 9.97. The Balaban J connectivity index is 1.29. The lowest BCUT2D eigenvalue weighted by Gasteiger charge is -2.24. The number of thioether (sulfide) groups is 1. The first-order valence-corrected chi connectivity index (χ1v) is 17.0. The Bertz CT molecular complexity index is 1940. The van der Waals surface area contributed by atoms with Gasteiger partial charge in [-0.1, -0.05) is 42.1 Å². The van der Waals surface area contributed by atoms with Gasteiger partial charge in [-0.15, -0.1) is 21.5 Å². The summed E-state index contributed by atoms with van der Waals surface area (Å²) in [6, 6.07) is 24.3. The van der Waals surface area contributed by atoms with Crippen LogP contribution in [0.4, 0.5) is 0 Å². The van der Waals surface area contributed by atoms with Gasteiger partial charge in [-0.25, -0.2) is 5.01 Å². The van der Waals surface area contributed by atoms with Gasteiger partial charge >= 0.3 is 0 Å². The summed E-state index contributed by atoms with van der Waals surface area (Å²) in [7, 11) is 4.79. The second-order valence-electron chi connectivity index (χ2n) is 10.8. The lowest BCUT2D eigenvalue weighted by Crippen LogP contribution is -2.29. The quantitative estimate of drug-likeness (QED) is 0.158. The van der Waals surface area contributed by atoms with Crippen LogP contribution in [-0.4, -0.2) is 64.4 Å². The molecular weight excluding hydrogens is 649 g/mol. The average Bonchev–Trinajstić information content (AvgIpc) is 3.90. The van der Waals surface area contributed by atoms with Crippen LogP contribution in [0.25, 0.3) is 5.69 Å². The number of aromatic nitrogens is 3. The summed E-state index contributed by atoms with van der Waals surface area (Å²) in [6.07, 6.45) is 0.472. The minimum absolute atomic E-state index is 0.0354. The summed E-state index contributed by atoms with van der Waals surface area (Å²) in [5.41, 5.74) is 4.32. The number of amides is 2. The zero-order chi connectivity index (χ0) is 33.6. The molecule has 3 heterocycles. The van der Waals surface area contributed by atoms with E-state index < -0.39 is 6.04 Å². The molecule has 2 amide bonds. The fraction of sp³-hybridized carbons (Fsp3) is 0.229. The van der Waals surface area contributed by atoms with Crippen molar-refractivity contribution in [2.45, 2.75) is 31.1 Å². The van der Waals surface area contributed by atoms with Crippen molar-refractivity contribution >= 4 is 40.6 Å². The van der Waals surface area contributed by atoms with Crippen molar-refractivity contribution in [1.29, 1.82) is 0 Å². The molecule has 0 bridgehead atoms. The molecule has 5 aromatic rings. The van der Waals surface area contributed by atoms with E-state index in [0.29, 0.717) is 33.8 Å². The van der Waals surface area contributed by atoms with E-state index in [-0.39, 0.29) is 24.1 Å². The van der Waals surface area contributed by atoms with Crippen molar-refractivity contribution in [3.63, 3.8) is 0 Å². The minimum Gasteiger partial charge on any atom is -0.497 e. The standard InChI is InChI=1S/C35H34N6O5S2/c1-22-8-5-9-24(18-22)40-31(20-36-34(43)30-12-7-17-47-30)37-38-35(40)48-21-32(42)41-28(26-10-6-11-29(45-3)33(26)46-4)19-27(39-41)23-13-15-25(44-2)16-14-23/h5-18,28H,19-21H2,1-4H3,(H,36,43)/t28-/m0/s1. The summed E-state index contributed by atoms with van der Waals surface area (Å²) < 4.78 is 18.5. The first-order chi connectivity index (χ1) is 23.4. The number of benzene rings is 3. The molecule has 6 rings (SSSR count). The molecule has 246 valence electrons. The highest BCUT2D eigenvalue weighted by atomic mass is 32.2. The highest BCUT2D eigenvalue weighted by Gasteiger charge is 2.36. The van der Waals surface area contributed by atoms with Gasteiger partial charge in [-0.05, 0) is 72.0 Å². The van der Waals surface area contributed by atoms with Gasteiger partial charge in [0.25, 0.3) is 11.8 Å². The SMILES string of the molecule is COc1ccc(C2=NN(C(=O)CSc3nnc(CNC(=O)c4cccs4)n3-c3cccc(C)c3)[C@H](c3cccc(OC)c3OC)C2)cc1. The van der Waals surface area contributed by atoms with E-state index in [2.05, 4.69) is 15.5 Å². The van der Waals surface area contributed by atoms with E-state index in [4.69, 9.17) is 19.3 Å². The predicted octanol–water partition coefficient (Wildman–Crippen LogP) is 6.06. The van der Waals surface area contributed by atoms with Gasteiger partial charge in [0.15, 0.2) is 22.5 Å². The Kier molecular flexibility index (Phi) is 10.1. The third kappa shape index (κ3) is 6.92. The Morgan fingerprint density at radius 3 is 2.48 bits per heavy atom. The van der Waals surface area contributed by atoms with Crippen LogP contribution in [-0.2, 0) is 11.3 Å². The van der Waals surface area contributed by atoms with E-state index in [1.165, 1.54) is 28.1 Å². The van der Waals surface area contributed by atoms with Gasteiger partial charge in [0.05, 0.1) is 50.3 Å². The maximum atomic E-state index is 14.1. The van der Waals surface area contributed by atoms with E-state index in [1.807, 2.05) is 89.7 Å². The van der Waals surface area contributed by atoms with Gasteiger partial charge in [-0.2, -0.15) is 5.10 Å². The van der Waals surface area contributed by atoms with Crippen LogP contribution in [0.1, 0.15) is 44.6 Å². The number of hydrazone groups is 1. The number of para-hydroxylation sites is 1. The van der Waals surface area contributed by atoms with Crippen molar-refractivity contribution < 1.29 is 23.8 Å². The van der Waals surface area contributed by atoms with Gasteiger partial charge in [0, 0.05) is 17.7 Å². The largest absolute Gasteiger partial charge is 0.497 e. The summed E-state index contributed by atoms with van der Waals surface area (Å²) >= 11 is 2.63. The third-order valence-electron chi connectivity index (χ3n) is 7.82. The van der Waals surface area contributed by atoms with E-state index in [9.17, 15) is 9.59 Å². The Morgan fingerprint density at radius 2 is 1.77 bits per heavy atom. The van der Waals surface area contributed by atoms with Crippen LogP contribution in [0.3, 0.4) is 0 Å². The summed E-state index contributed by atoms with van der Waals surface area (Å²) in [5, 5.41) is 20.5. The number of aryl methyl sites for hydroxylation is 1. The molecule has 48 heavy (non-hydrogen) atoms. The van der Waals surface area contributed by atoms with E-state index in [1.54, 1.807) is 27.4 Å². The fourth-order valence-corrected chi connectivity index (χ4v) is 6.96. The number of carbonyl (C=O) groups is 2. The van der Waals surface area contributed by atoms with Crippen molar-refractivity contribution in [1.82, 2.24) is 25.1 Å². The van der Waals surface area contributed by atoms with Crippen molar-refractivity contribution in [3.05, 3.63) is 112 Å². The van der Waals surface area contributed by atoms with Crippen LogP contribution in [0.5, 0.6) is 17.2 Å². The molecule has 11 nitrogen and oxygen atoms in total. The summed E-state index contributed by atoms with van der Waals surface area (Å²) in [5.74, 6) is 2.02. The summed E-state index contributed by atoms with van der Waals surface area (Å²) in [4.78, 5) is 27.4. The van der Waals surface area contributed by atoms with Crippen LogP contribution in [0.2, 0.25) is 0 Å². The molecule has 0 aliphatic carbocycles. The number of hydrogen-bond donors (Lipinski definition) is 1. The fourth-order valence-electron chi connectivity index (χ4n) is 5.50. The molecule has 0 saturated heterocycles. The second kappa shape index (κ2) is 14.7. The molecule has 3 aromatic carbocycles. The Morgan fingerprint density at radius 1 is 0.958 bits per heavy atom. The van der Waals surface area contributed by atoms with Crippen LogP contribution in [0, 0.1) is 6.92 Å². The zero-order valence-corrected chi connectivity index (χ0v) is 28.5. The van der Waals surface area contributed by atoms with Gasteiger partial charge in [-0.3, -0.25) is 14.2 Å².